The van der Waals surface area contributed by atoms with Gasteiger partial charge in [-0.15, -0.1) is 0 Å². The second-order valence-electron chi connectivity index (χ2n) is 8.05. The van der Waals surface area contributed by atoms with Crippen molar-refractivity contribution in [2.45, 2.75) is 46.6 Å². The SMILES string of the molecule is CCC(C)C(C(=O)N1CC(C)CC(C)C1)N1C(=O)c2ccccc2C1=O. The number of piperidine rings is 1. The van der Waals surface area contributed by atoms with Crippen molar-refractivity contribution in [2.75, 3.05) is 13.1 Å². The van der Waals surface area contributed by atoms with Crippen molar-refractivity contribution in [1.29, 1.82) is 0 Å². The fourth-order valence-corrected chi connectivity index (χ4v) is 4.32. The molecule has 1 saturated heterocycles. The monoisotopic (exact) mass is 356 g/mol. The molecule has 2 heterocycles. The van der Waals surface area contributed by atoms with Gasteiger partial charge in [-0.25, -0.2) is 0 Å². The Bertz CT molecular complexity index is 685. The molecule has 3 rings (SSSR count). The highest BCUT2D eigenvalue weighted by molar-refractivity contribution is 6.22. The maximum atomic E-state index is 13.4. The number of carbonyl (C=O) groups is 3. The van der Waals surface area contributed by atoms with Gasteiger partial charge in [0.25, 0.3) is 11.8 Å². The van der Waals surface area contributed by atoms with Crippen LogP contribution in [0.3, 0.4) is 0 Å². The third-order valence-electron chi connectivity index (χ3n) is 5.72. The van der Waals surface area contributed by atoms with E-state index >= 15 is 0 Å². The molecule has 2 aliphatic heterocycles. The van der Waals surface area contributed by atoms with Crippen molar-refractivity contribution in [3.8, 4) is 0 Å². The van der Waals surface area contributed by atoms with Crippen molar-refractivity contribution in [2.24, 2.45) is 17.8 Å². The Kier molecular flexibility index (Phi) is 5.17. The van der Waals surface area contributed by atoms with E-state index in [-0.39, 0.29) is 23.6 Å². The average molecular weight is 356 g/mol. The lowest BCUT2D eigenvalue weighted by atomic mass is 9.89. The molecule has 5 nitrogen and oxygen atoms in total. The topological polar surface area (TPSA) is 57.7 Å². The number of nitrogens with zero attached hydrogens (tertiary/aromatic N) is 2. The second kappa shape index (κ2) is 7.22. The Balaban J connectivity index is 1.93. The number of benzene rings is 1. The van der Waals surface area contributed by atoms with E-state index < -0.39 is 6.04 Å². The molecule has 0 aliphatic carbocycles. The lowest BCUT2D eigenvalue weighted by Crippen LogP contribution is -2.56. The van der Waals surface area contributed by atoms with Gasteiger partial charge in [0.2, 0.25) is 5.91 Å². The van der Waals surface area contributed by atoms with Crippen molar-refractivity contribution in [3.05, 3.63) is 35.4 Å². The van der Waals surface area contributed by atoms with E-state index in [4.69, 9.17) is 0 Å². The average Bonchev–Trinajstić information content (AvgIpc) is 2.86. The Labute approximate surface area is 155 Å². The van der Waals surface area contributed by atoms with Crippen LogP contribution in [0, 0.1) is 17.8 Å². The minimum absolute atomic E-state index is 0.0859. The molecule has 0 saturated carbocycles. The van der Waals surface area contributed by atoms with Crippen LogP contribution in [-0.2, 0) is 4.79 Å². The van der Waals surface area contributed by atoms with E-state index in [9.17, 15) is 14.4 Å². The minimum atomic E-state index is -0.732. The number of fused-ring (bicyclic) bond motifs is 1. The molecule has 1 aromatic carbocycles. The van der Waals surface area contributed by atoms with E-state index in [1.165, 1.54) is 4.90 Å². The Hall–Kier alpha value is -2.17. The minimum Gasteiger partial charge on any atom is -0.340 e. The first-order valence-electron chi connectivity index (χ1n) is 9.60. The molecular weight excluding hydrogens is 328 g/mol. The molecule has 0 aromatic heterocycles. The van der Waals surface area contributed by atoms with Crippen molar-refractivity contribution in [3.63, 3.8) is 0 Å². The predicted molar refractivity (Wildman–Crippen MR) is 99.7 cm³/mol. The van der Waals surface area contributed by atoms with E-state index in [0.717, 1.165) is 12.8 Å². The zero-order chi connectivity index (χ0) is 19.0. The molecule has 26 heavy (non-hydrogen) atoms. The van der Waals surface area contributed by atoms with Gasteiger partial charge in [-0.3, -0.25) is 19.3 Å². The fraction of sp³-hybridized carbons (Fsp3) is 0.571. The molecule has 2 aliphatic rings. The highest BCUT2D eigenvalue weighted by Crippen LogP contribution is 2.30. The summed E-state index contributed by atoms with van der Waals surface area (Å²) in [6.45, 7) is 9.62. The summed E-state index contributed by atoms with van der Waals surface area (Å²) in [5, 5.41) is 0. The smallest absolute Gasteiger partial charge is 0.262 e. The Morgan fingerprint density at radius 3 is 2.04 bits per heavy atom. The first-order chi connectivity index (χ1) is 12.3. The quantitative estimate of drug-likeness (QED) is 0.779. The molecule has 5 heteroatoms. The normalized spacial score (nSPS) is 25.2. The molecule has 0 bridgehead atoms. The fourth-order valence-electron chi connectivity index (χ4n) is 4.32. The maximum absolute atomic E-state index is 13.4. The number of likely N-dealkylation sites (tertiary alicyclic amines) is 1. The standard InChI is InChI=1S/C21H28N2O3/c1-5-15(4)18(21(26)22-11-13(2)10-14(3)12-22)23-19(24)16-8-6-7-9-17(16)20(23)25/h6-9,13-15,18H,5,10-12H2,1-4H3. The first kappa shape index (κ1) is 18.6. The number of amides is 3. The number of carbonyl (C=O) groups excluding carboxylic acids is 3. The summed E-state index contributed by atoms with van der Waals surface area (Å²) in [5.41, 5.74) is 0.804. The van der Waals surface area contributed by atoms with Gasteiger partial charge in [0.15, 0.2) is 0 Å². The van der Waals surface area contributed by atoms with Crippen LogP contribution in [0.15, 0.2) is 24.3 Å². The molecular formula is C21H28N2O3. The van der Waals surface area contributed by atoms with Crippen LogP contribution in [0.2, 0.25) is 0 Å². The molecule has 1 fully saturated rings. The summed E-state index contributed by atoms with van der Waals surface area (Å²) in [5.74, 6) is -0.000795. The lowest BCUT2D eigenvalue weighted by molar-refractivity contribution is -0.139. The first-order valence-corrected chi connectivity index (χ1v) is 9.60. The van der Waals surface area contributed by atoms with Gasteiger partial charge >= 0.3 is 0 Å². The predicted octanol–water partition coefficient (Wildman–Crippen LogP) is 3.20. The van der Waals surface area contributed by atoms with Gasteiger partial charge in [0, 0.05) is 13.1 Å². The van der Waals surface area contributed by atoms with E-state index in [1.54, 1.807) is 24.3 Å². The van der Waals surface area contributed by atoms with Gasteiger partial charge in [0.1, 0.15) is 6.04 Å². The maximum Gasteiger partial charge on any atom is 0.262 e. The molecule has 0 radical (unpaired) electrons. The van der Waals surface area contributed by atoms with Crippen LogP contribution < -0.4 is 0 Å². The van der Waals surface area contributed by atoms with Gasteiger partial charge in [-0.1, -0.05) is 46.2 Å². The van der Waals surface area contributed by atoms with E-state index in [1.807, 2.05) is 18.7 Å². The third kappa shape index (κ3) is 3.15. The number of hydrogen-bond acceptors (Lipinski definition) is 3. The summed E-state index contributed by atoms with van der Waals surface area (Å²) in [7, 11) is 0. The Morgan fingerprint density at radius 1 is 1.08 bits per heavy atom. The van der Waals surface area contributed by atoms with Crippen molar-refractivity contribution in [1.82, 2.24) is 9.80 Å². The van der Waals surface area contributed by atoms with Crippen LogP contribution >= 0.6 is 0 Å². The second-order valence-corrected chi connectivity index (χ2v) is 8.05. The molecule has 1 aromatic rings. The van der Waals surface area contributed by atoms with Crippen molar-refractivity contribution < 1.29 is 14.4 Å². The third-order valence-corrected chi connectivity index (χ3v) is 5.72. The summed E-state index contributed by atoms with van der Waals surface area (Å²) in [4.78, 5) is 42.3. The number of imide groups is 1. The lowest BCUT2D eigenvalue weighted by Gasteiger charge is -2.40. The zero-order valence-corrected chi connectivity index (χ0v) is 16.1. The van der Waals surface area contributed by atoms with Gasteiger partial charge in [-0.05, 0) is 36.3 Å². The molecule has 0 spiro atoms. The van der Waals surface area contributed by atoms with Crippen LogP contribution in [-0.4, -0.2) is 46.7 Å². The number of rotatable bonds is 4. The summed E-state index contributed by atoms with van der Waals surface area (Å²) < 4.78 is 0. The van der Waals surface area contributed by atoms with Gasteiger partial charge < -0.3 is 4.90 Å². The van der Waals surface area contributed by atoms with Crippen LogP contribution in [0.25, 0.3) is 0 Å². The highest BCUT2D eigenvalue weighted by atomic mass is 16.2. The van der Waals surface area contributed by atoms with Gasteiger partial charge in [-0.2, -0.15) is 0 Å². The van der Waals surface area contributed by atoms with Crippen LogP contribution in [0.1, 0.15) is 61.3 Å². The summed E-state index contributed by atoms with van der Waals surface area (Å²) in [6.07, 6.45) is 1.83. The highest BCUT2D eigenvalue weighted by Gasteiger charge is 2.46. The van der Waals surface area contributed by atoms with Crippen LogP contribution in [0.4, 0.5) is 0 Å². The number of hydrogen-bond donors (Lipinski definition) is 0. The molecule has 140 valence electrons. The summed E-state index contributed by atoms with van der Waals surface area (Å²) >= 11 is 0. The van der Waals surface area contributed by atoms with E-state index in [2.05, 4.69) is 13.8 Å². The molecule has 0 N–H and O–H groups in total. The molecule has 4 unspecified atom stereocenters. The molecule has 4 atom stereocenters. The Morgan fingerprint density at radius 2 is 1.58 bits per heavy atom. The van der Waals surface area contributed by atoms with Crippen LogP contribution in [0.5, 0.6) is 0 Å². The summed E-state index contributed by atoms with van der Waals surface area (Å²) in [6, 6.07) is 6.10. The zero-order valence-electron chi connectivity index (χ0n) is 16.1. The largest absolute Gasteiger partial charge is 0.340 e. The van der Waals surface area contributed by atoms with E-state index in [0.29, 0.717) is 36.1 Å². The molecule has 3 amide bonds. The van der Waals surface area contributed by atoms with Crippen molar-refractivity contribution >= 4 is 17.7 Å². The van der Waals surface area contributed by atoms with Gasteiger partial charge in [0.05, 0.1) is 11.1 Å².